The van der Waals surface area contributed by atoms with Gasteiger partial charge in [-0.3, -0.25) is 0 Å². The molecule has 0 N–H and O–H groups in total. The van der Waals surface area contributed by atoms with Crippen molar-refractivity contribution in [3.8, 4) is 12.3 Å². The number of hydrogen-bond donors (Lipinski definition) is 0. The lowest BCUT2D eigenvalue weighted by Gasteiger charge is -2.10. The smallest absolute Gasteiger partial charge is 0.107 e. The summed E-state index contributed by atoms with van der Waals surface area (Å²) in [7, 11) is 0. The summed E-state index contributed by atoms with van der Waals surface area (Å²) < 4.78 is 5.36. The number of terminal acetylenes is 1. The molecule has 0 spiro atoms. The molecule has 1 aromatic rings. The number of benzene rings is 1. The molecular formula is C12H14O. The van der Waals surface area contributed by atoms with Crippen molar-refractivity contribution in [2.24, 2.45) is 0 Å². The van der Waals surface area contributed by atoms with E-state index in [1.54, 1.807) is 0 Å². The van der Waals surface area contributed by atoms with Gasteiger partial charge in [0.25, 0.3) is 0 Å². The molecule has 0 saturated heterocycles. The van der Waals surface area contributed by atoms with Crippen LogP contribution in [0.3, 0.4) is 0 Å². The topological polar surface area (TPSA) is 9.23 Å². The van der Waals surface area contributed by atoms with Gasteiger partial charge in [0.1, 0.15) is 6.61 Å². The molecule has 1 atom stereocenters. The Hall–Kier alpha value is -1.26. The molecule has 1 aromatic carbocycles. The second-order valence-electron chi connectivity index (χ2n) is 3.02. The van der Waals surface area contributed by atoms with Crippen LogP contribution in [0.1, 0.15) is 12.5 Å². The third kappa shape index (κ3) is 3.78. The molecule has 0 bridgehead atoms. The molecular weight excluding hydrogens is 160 g/mol. The monoisotopic (exact) mass is 174 g/mol. The van der Waals surface area contributed by atoms with Crippen molar-refractivity contribution < 1.29 is 4.74 Å². The normalized spacial score (nSPS) is 12.0. The van der Waals surface area contributed by atoms with Crippen LogP contribution in [-0.2, 0) is 11.2 Å². The summed E-state index contributed by atoms with van der Waals surface area (Å²) in [6, 6.07) is 10.3. The highest BCUT2D eigenvalue weighted by Crippen LogP contribution is 2.04. The van der Waals surface area contributed by atoms with Gasteiger partial charge in [0.05, 0.1) is 6.10 Å². The summed E-state index contributed by atoms with van der Waals surface area (Å²) >= 11 is 0. The Morgan fingerprint density at radius 2 is 2.08 bits per heavy atom. The Kier molecular flexibility index (Phi) is 4.08. The van der Waals surface area contributed by atoms with Gasteiger partial charge in [0.2, 0.25) is 0 Å². The first-order valence-electron chi connectivity index (χ1n) is 4.42. The highest BCUT2D eigenvalue weighted by atomic mass is 16.5. The van der Waals surface area contributed by atoms with E-state index in [0.29, 0.717) is 6.61 Å². The molecule has 13 heavy (non-hydrogen) atoms. The van der Waals surface area contributed by atoms with E-state index in [1.165, 1.54) is 5.56 Å². The Labute approximate surface area is 79.7 Å². The van der Waals surface area contributed by atoms with Crippen molar-refractivity contribution in [2.75, 3.05) is 6.61 Å². The number of rotatable bonds is 4. The van der Waals surface area contributed by atoms with Crippen molar-refractivity contribution in [1.29, 1.82) is 0 Å². The van der Waals surface area contributed by atoms with Crippen molar-refractivity contribution in [3.63, 3.8) is 0 Å². The van der Waals surface area contributed by atoms with E-state index in [2.05, 4.69) is 18.1 Å². The molecule has 0 radical (unpaired) electrons. The van der Waals surface area contributed by atoms with Gasteiger partial charge in [0, 0.05) is 0 Å². The van der Waals surface area contributed by atoms with Crippen LogP contribution in [0.25, 0.3) is 0 Å². The number of ether oxygens (including phenoxy) is 1. The van der Waals surface area contributed by atoms with E-state index >= 15 is 0 Å². The van der Waals surface area contributed by atoms with Crippen molar-refractivity contribution in [3.05, 3.63) is 35.9 Å². The lowest BCUT2D eigenvalue weighted by atomic mass is 10.1. The standard InChI is InChI=1S/C12H14O/c1-3-9-13-11(2)10-12-7-5-4-6-8-12/h1,4-8,11H,9-10H2,2H3. The highest BCUT2D eigenvalue weighted by Gasteiger charge is 2.01. The maximum Gasteiger partial charge on any atom is 0.107 e. The minimum Gasteiger partial charge on any atom is -0.366 e. The largest absolute Gasteiger partial charge is 0.366 e. The van der Waals surface area contributed by atoms with Crippen LogP contribution in [0.4, 0.5) is 0 Å². The molecule has 1 unspecified atom stereocenters. The zero-order chi connectivity index (χ0) is 9.52. The quantitative estimate of drug-likeness (QED) is 0.636. The highest BCUT2D eigenvalue weighted by molar-refractivity contribution is 5.15. The molecule has 0 aromatic heterocycles. The summed E-state index contributed by atoms with van der Waals surface area (Å²) in [6.45, 7) is 2.43. The van der Waals surface area contributed by atoms with E-state index in [0.717, 1.165) is 6.42 Å². The van der Waals surface area contributed by atoms with Gasteiger partial charge in [-0.15, -0.1) is 6.42 Å². The second-order valence-corrected chi connectivity index (χ2v) is 3.02. The molecule has 0 aliphatic carbocycles. The van der Waals surface area contributed by atoms with Crippen LogP contribution in [-0.4, -0.2) is 12.7 Å². The van der Waals surface area contributed by atoms with Gasteiger partial charge in [-0.1, -0.05) is 36.3 Å². The average Bonchev–Trinajstić information content (AvgIpc) is 2.16. The summed E-state index contributed by atoms with van der Waals surface area (Å²) in [5.41, 5.74) is 1.28. The number of hydrogen-bond acceptors (Lipinski definition) is 1. The predicted octanol–water partition coefficient (Wildman–Crippen LogP) is 2.27. The summed E-state index contributed by atoms with van der Waals surface area (Å²) in [6.07, 6.45) is 6.21. The minimum atomic E-state index is 0.193. The Morgan fingerprint density at radius 1 is 1.38 bits per heavy atom. The maximum atomic E-state index is 5.36. The predicted molar refractivity (Wildman–Crippen MR) is 54.4 cm³/mol. The van der Waals surface area contributed by atoms with Gasteiger partial charge < -0.3 is 4.74 Å². The molecule has 68 valence electrons. The van der Waals surface area contributed by atoms with Crippen LogP contribution in [0.15, 0.2) is 30.3 Å². The van der Waals surface area contributed by atoms with Crippen molar-refractivity contribution in [2.45, 2.75) is 19.4 Å². The van der Waals surface area contributed by atoms with Gasteiger partial charge in [-0.05, 0) is 18.9 Å². The van der Waals surface area contributed by atoms with Gasteiger partial charge >= 0.3 is 0 Å². The Morgan fingerprint density at radius 3 is 2.69 bits per heavy atom. The maximum absolute atomic E-state index is 5.36. The third-order valence-corrected chi connectivity index (χ3v) is 1.82. The van der Waals surface area contributed by atoms with Crippen LogP contribution >= 0.6 is 0 Å². The van der Waals surface area contributed by atoms with Crippen LogP contribution in [0, 0.1) is 12.3 Å². The first-order chi connectivity index (χ1) is 6.33. The SMILES string of the molecule is C#CCOC(C)Cc1ccccc1. The molecule has 1 heteroatoms. The van der Waals surface area contributed by atoms with Crippen LogP contribution in [0.2, 0.25) is 0 Å². The molecule has 0 aliphatic rings. The molecule has 0 amide bonds. The van der Waals surface area contributed by atoms with Gasteiger partial charge in [-0.25, -0.2) is 0 Å². The second kappa shape index (κ2) is 5.40. The first kappa shape index (κ1) is 9.83. The molecule has 0 saturated carbocycles. The fourth-order valence-electron chi connectivity index (χ4n) is 1.20. The first-order valence-corrected chi connectivity index (χ1v) is 4.42. The van der Waals surface area contributed by atoms with E-state index in [4.69, 9.17) is 11.2 Å². The van der Waals surface area contributed by atoms with Gasteiger partial charge in [0.15, 0.2) is 0 Å². The fraction of sp³-hybridized carbons (Fsp3) is 0.333. The van der Waals surface area contributed by atoms with E-state index in [-0.39, 0.29) is 6.10 Å². The summed E-state index contributed by atoms with van der Waals surface area (Å²) in [5, 5.41) is 0. The molecule has 0 aliphatic heterocycles. The summed E-state index contributed by atoms with van der Waals surface area (Å²) in [5.74, 6) is 2.46. The summed E-state index contributed by atoms with van der Waals surface area (Å²) in [4.78, 5) is 0. The van der Waals surface area contributed by atoms with E-state index in [1.807, 2.05) is 25.1 Å². The molecule has 1 rings (SSSR count). The lowest BCUT2D eigenvalue weighted by molar-refractivity contribution is 0.0927. The van der Waals surface area contributed by atoms with Crippen molar-refractivity contribution >= 4 is 0 Å². The van der Waals surface area contributed by atoms with Crippen LogP contribution in [0.5, 0.6) is 0 Å². The van der Waals surface area contributed by atoms with Crippen LogP contribution < -0.4 is 0 Å². The minimum absolute atomic E-state index is 0.193. The fourth-order valence-corrected chi connectivity index (χ4v) is 1.20. The zero-order valence-corrected chi connectivity index (χ0v) is 7.86. The van der Waals surface area contributed by atoms with Gasteiger partial charge in [-0.2, -0.15) is 0 Å². The Balaban J connectivity index is 2.37. The lowest BCUT2D eigenvalue weighted by Crippen LogP contribution is -2.11. The van der Waals surface area contributed by atoms with Crippen molar-refractivity contribution in [1.82, 2.24) is 0 Å². The molecule has 0 heterocycles. The molecule has 1 nitrogen and oxygen atoms in total. The Bertz CT molecular complexity index is 271. The molecule has 0 fully saturated rings. The average molecular weight is 174 g/mol. The van der Waals surface area contributed by atoms with E-state index in [9.17, 15) is 0 Å². The zero-order valence-electron chi connectivity index (χ0n) is 7.86. The third-order valence-electron chi connectivity index (χ3n) is 1.82. The van der Waals surface area contributed by atoms with E-state index < -0.39 is 0 Å².